The Balaban J connectivity index is 4.63. The van der Waals surface area contributed by atoms with E-state index in [9.17, 15) is 0 Å². The predicted octanol–water partition coefficient (Wildman–Crippen LogP) is 3.44. The summed E-state index contributed by atoms with van der Waals surface area (Å²) >= 11 is 0. The zero-order chi connectivity index (χ0) is 10.6. The van der Waals surface area contributed by atoms with Crippen LogP contribution in [0.1, 0.15) is 34.6 Å². The van der Waals surface area contributed by atoms with E-state index >= 15 is 0 Å². The van der Waals surface area contributed by atoms with Crippen molar-refractivity contribution in [3.63, 3.8) is 0 Å². The summed E-state index contributed by atoms with van der Waals surface area (Å²) in [5.41, 5.74) is 2.51. The van der Waals surface area contributed by atoms with Gasteiger partial charge < -0.3 is 4.90 Å². The molecule has 0 fully saturated rings. The maximum Gasteiger partial charge on any atom is 0.0224 e. The third-order valence-corrected chi connectivity index (χ3v) is 2.27. The molecular weight excluding hydrogens is 158 g/mol. The second kappa shape index (κ2) is 5.11. The highest BCUT2D eigenvalue weighted by Crippen LogP contribution is 2.18. The van der Waals surface area contributed by atoms with E-state index in [1.807, 2.05) is 0 Å². The summed E-state index contributed by atoms with van der Waals surface area (Å²) in [5.74, 6) is 0.554. The Hall–Kier alpha value is -0.720. The SMILES string of the molecule is C=C(C)/C(=C/N(C)C(C)C)C(C)C. The van der Waals surface area contributed by atoms with Crippen LogP contribution in [0.4, 0.5) is 0 Å². The van der Waals surface area contributed by atoms with E-state index in [0.29, 0.717) is 12.0 Å². The van der Waals surface area contributed by atoms with Crippen molar-refractivity contribution in [3.8, 4) is 0 Å². The molecule has 0 aromatic rings. The fraction of sp³-hybridized carbons (Fsp3) is 0.667. The molecule has 0 atom stereocenters. The Morgan fingerprint density at radius 3 is 1.92 bits per heavy atom. The van der Waals surface area contributed by atoms with E-state index in [1.54, 1.807) is 0 Å². The largest absolute Gasteiger partial charge is 0.378 e. The van der Waals surface area contributed by atoms with Crippen molar-refractivity contribution in [2.75, 3.05) is 7.05 Å². The smallest absolute Gasteiger partial charge is 0.0224 e. The molecule has 0 heterocycles. The zero-order valence-electron chi connectivity index (χ0n) is 9.89. The Bertz CT molecular complexity index is 199. The Morgan fingerprint density at radius 2 is 1.69 bits per heavy atom. The summed E-state index contributed by atoms with van der Waals surface area (Å²) in [7, 11) is 2.11. The fourth-order valence-electron chi connectivity index (χ4n) is 1.12. The molecule has 0 saturated carbocycles. The molecule has 0 N–H and O–H groups in total. The molecule has 0 saturated heterocycles. The van der Waals surface area contributed by atoms with Crippen molar-refractivity contribution >= 4 is 0 Å². The third kappa shape index (κ3) is 4.16. The van der Waals surface area contributed by atoms with Crippen LogP contribution in [0.25, 0.3) is 0 Å². The second-order valence-corrected chi connectivity index (χ2v) is 4.28. The van der Waals surface area contributed by atoms with Crippen LogP contribution < -0.4 is 0 Å². The molecule has 0 aliphatic rings. The predicted molar refractivity (Wildman–Crippen MR) is 60.6 cm³/mol. The molecule has 0 rings (SSSR count). The minimum absolute atomic E-state index is 0.549. The molecular formula is C12H23N. The highest BCUT2D eigenvalue weighted by molar-refractivity contribution is 5.27. The van der Waals surface area contributed by atoms with E-state index < -0.39 is 0 Å². The summed E-state index contributed by atoms with van der Waals surface area (Å²) in [6, 6.07) is 0.549. The molecule has 0 aliphatic heterocycles. The molecule has 1 nitrogen and oxygen atoms in total. The molecule has 0 aliphatic carbocycles. The standard InChI is InChI=1S/C12H23N/c1-9(2)12(10(3)4)8-13(7)11(5)6/h8,10-11H,1H2,2-7H3/b12-8-. The van der Waals surface area contributed by atoms with Gasteiger partial charge in [-0.3, -0.25) is 0 Å². The lowest BCUT2D eigenvalue weighted by molar-refractivity contribution is 0.370. The first-order chi connectivity index (χ1) is 5.86. The lowest BCUT2D eigenvalue weighted by atomic mass is 9.98. The highest BCUT2D eigenvalue weighted by atomic mass is 15.1. The number of rotatable bonds is 4. The van der Waals surface area contributed by atoms with Crippen molar-refractivity contribution in [1.29, 1.82) is 0 Å². The van der Waals surface area contributed by atoms with Gasteiger partial charge in [0.05, 0.1) is 0 Å². The molecule has 0 aromatic carbocycles. The second-order valence-electron chi connectivity index (χ2n) is 4.28. The van der Waals surface area contributed by atoms with Gasteiger partial charge in [-0.1, -0.05) is 26.0 Å². The van der Waals surface area contributed by atoms with E-state index in [2.05, 4.69) is 59.3 Å². The molecule has 0 bridgehead atoms. The summed E-state index contributed by atoms with van der Waals surface area (Å²) in [4.78, 5) is 2.23. The number of hydrogen-bond donors (Lipinski definition) is 0. The van der Waals surface area contributed by atoms with Crippen LogP contribution in [0.15, 0.2) is 23.9 Å². The first-order valence-electron chi connectivity index (χ1n) is 4.95. The molecule has 76 valence electrons. The molecule has 0 aromatic heterocycles. The summed E-state index contributed by atoms with van der Waals surface area (Å²) in [6.45, 7) is 14.8. The van der Waals surface area contributed by atoms with Gasteiger partial charge in [0, 0.05) is 19.3 Å². The average Bonchev–Trinajstić information content (AvgIpc) is 1.97. The van der Waals surface area contributed by atoms with Crippen LogP contribution in [-0.4, -0.2) is 18.0 Å². The average molecular weight is 181 g/mol. The topological polar surface area (TPSA) is 3.24 Å². The summed E-state index contributed by atoms with van der Waals surface area (Å²) in [6.07, 6.45) is 2.21. The van der Waals surface area contributed by atoms with Gasteiger partial charge in [0.1, 0.15) is 0 Å². The van der Waals surface area contributed by atoms with Gasteiger partial charge in [0.15, 0.2) is 0 Å². The van der Waals surface area contributed by atoms with Crippen molar-refractivity contribution in [1.82, 2.24) is 4.90 Å². The first-order valence-corrected chi connectivity index (χ1v) is 4.95. The van der Waals surface area contributed by atoms with Crippen LogP contribution >= 0.6 is 0 Å². The van der Waals surface area contributed by atoms with Crippen LogP contribution in [0.5, 0.6) is 0 Å². The van der Waals surface area contributed by atoms with E-state index in [1.165, 1.54) is 11.1 Å². The fourth-order valence-corrected chi connectivity index (χ4v) is 1.12. The molecule has 0 spiro atoms. The maximum absolute atomic E-state index is 3.99. The van der Waals surface area contributed by atoms with Crippen LogP contribution in [-0.2, 0) is 0 Å². The minimum atomic E-state index is 0.549. The van der Waals surface area contributed by atoms with Gasteiger partial charge in [-0.15, -0.1) is 0 Å². The number of hydrogen-bond acceptors (Lipinski definition) is 1. The molecule has 13 heavy (non-hydrogen) atoms. The van der Waals surface area contributed by atoms with Crippen LogP contribution in [0, 0.1) is 5.92 Å². The molecule has 0 unspecified atom stereocenters. The normalized spacial score (nSPS) is 12.5. The minimum Gasteiger partial charge on any atom is -0.378 e. The van der Waals surface area contributed by atoms with Gasteiger partial charge in [-0.25, -0.2) is 0 Å². The Morgan fingerprint density at radius 1 is 1.23 bits per heavy atom. The maximum atomic E-state index is 3.99. The van der Waals surface area contributed by atoms with Crippen molar-refractivity contribution in [2.24, 2.45) is 5.92 Å². The van der Waals surface area contributed by atoms with E-state index in [-0.39, 0.29) is 0 Å². The lowest BCUT2D eigenvalue weighted by Gasteiger charge is -2.22. The monoisotopic (exact) mass is 181 g/mol. The van der Waals surface area contributed by atoms with Crippen LogP contribution in [0.3, 0.4) is 0 Å². The van der Waals surface area contributed by atoms with Crippen molar-refractivity contribution in [2.45, 2.75) is 40.7 Å². The lowest BCUT2D eigenvalue weighted by Crippen LogP contribution is -2.21. The number of nitrogens with zero attached hydrogens (tertiary/aromatic N) is 1. The first kappa shape index (κ1) is 12.3. The zero-order valence-corrected chi connectivity index (χ0v) is 9.89. The van der Waals surface area contributed by atoms with Gasteiger partial charge in [0.25, 0.3) is 0 Å². The van der Waals surface area contributed by atoms with Crippen molar-refractivity contribution in [3.05, 3.63) is 23.9 Å². The Labute approximate surface area is 83.1 Å². The number of allylic oxidation sites excluding steroid dienone is 2. The molecule has 1 heteroatoms. The molecule has 0 radical (unpaired) electrons. The van der Waals surface area contributed by atoms with E-state index in [4.69, 9.17) is 0 Å². The highest BCUT2D eigenvalue weighted by Gasteiger charge is 2.06. The van der Waals surface area contributed by atoms with Crippen LogP contribution in [0.2, 0.25) is 0 Å². The Kier molecular flexibility index (Phi) is 4.82. The van der Waals surface area contributed by atoms with Crippen molar-refractivity contribution < 1.29 is 0 Å². The summed E-state index contributed by atoms with van der Waals surface area (Å²) in [5, 5.41) is 0. The van der Waals surface area contributed by atoms with Gasteiger partial charge in [-0.05, 0) is 32.3 Å². The van der Waals surface area contributed by atoms with E-state index in [0.717, 1.165) is 0 Å². The quantitative estimate of drug-likeness (QED) is 0.600. The molecule has 0 amide bonds. The van der Waals surface area contributed by atoms with Gasteiger partial charge in [-0.2, -0.15) is 0 Å². The van der Waals surface area contributed by atoms with Gasteiger partial charge >= 0.3 is 0 Å². The summed E-state index contributed by atoms with van der Waals surface area (Å²) < 4.78 is 0. The van der Waals surface area contributed by atoms with Gasteiger partial charge in [0.2, 0.25) is 0 Å². The third-order valence-electron chi connectivity index (χ3n) is 2.27.